The van der Waals surface area contributed by atoms with Crippen LogP contribution in [0, 0.1) is 11.6 Å². The Hall–Kier alpha value is -2.61. The van der Waals surface area contributed by atoms with Crippen LogP contribution in [0.1, 0.15) is 36.9 Å². The van der Waals surface area contributed by atoms with Crippen molar-refractivity contribution in [2.45, 2.75) is 38.2 Å². The van der Waals surface area contributed by atoms with Crippen molar-refractivity contribution in [3.8, 4) is 5.75 Å². The van der Waals surface area contributed by atoms with E-state index < -0.39 is 15.5 Å². The molecule has 0 N–H and O–H groups in total. The minimum absolute atomic E-state index is 0.0755. The number of rotatable bonds is 5. The minimum Gasteiger partial charge on any atom is -0.490 e. The zero-order valence-electron chi connectivity index (χ0n) is 16.9. The Balaban J connectivity index is 1.73. The van der Waals surface area contributed by atoms with Crippen molar-refractivity contribution in [1.82, 2.24) is 9.97 Å². The van der Waals surface area contributed by atoms with Gasteiger partial charge in [-0.2, -0.15) is 4.36 Å². The van der Waals surface area contributed by atoms with Crippen LogP contribution in [0.3, 0.4) is 0 Å². The largest absolute Gasteiger partial charge is 0.490 e. The molecule has 3 aromatic rings. The molecule has 5 nitrogen and oxygen atoms in total. The van der Waals surface area contributed by atoms with E-state index in [1.165, 1.54) is 37.0 Å². The van der Waals surface area contributed by atoms with E-state index in [1.807, 2.05) is 0 Å². The number of benzene rings is 2. The zero-order valence-corrected chi connectivity index (χ0v) is 17.7. The van der Waals surface area contributed by atoms with Gasteiger partial charge in [-0.1, -0.05) is 6.07 Å². The topological polar surface area (TPSA) is 64.4 Å². The molecular formula is C22H23F2N3O2S. The van der Waals surface area contributed by atoms with Crippen LogP contribution in [0.4, 0.5) is 14.5 Å². The molecule has 0 bridgehead atoms. The number of nitrogens with zero attached hydrogens (tertiary/aromatic N) is 3. The van der Waals surface area contributed by atoms with E-state index in [9.17, 15) is 13.0 Å². The number of ether oxygens (including phenoxy) is 1. The maximum Gasteiger partial charge on any atom is 0.136 e. The third-order valence-corrected chi connectivity index (χ3v) is 5.71. The predicted molar refractivity (Wildman–Crippen MR) is 114 cm³/mol. The molecular weight excluding hydrogens is 408 g/mol. The first-order valence-corrected chi connectivity index (χ1v) is 12.2. The standard InChI is InChI=1S/C22H23F2N3O2S/c1-30(2,28)27-16-11-18(24)22-19(25-13-26-20(22)12-16)9-14-7-8-15(23)10-21(14)29-17-5-3-4-6-17/h7-8,10-13,17H,3-6,9H2,1-2H3. The fourth-order valence-electron chi connectivity index (χ4n) is 3.78. The summed E-state index contributed by atoms with van der Waals surface area (Å²) in [5, 5.41) is 0.270. The van der Waals surface area contributed by atoms with Crippen LogP contribution in [-0.2, 0) is 16.1 Å². The molecule has 8 heteroatoms. The van der Waals surface area contributed by atoms with E-state index in [-0.39, 0.29) is 29.4 Å². The van der Waals surface area contributed by atoms with Gasteiger partial charge in [0, 0.05) is 46.4 Å². The van der Waals surface area contributed by atoms with Crippen LogP contribution >= 0.6 is 0 Å². The Kier molecular flexibility index (Phi) is 5.69. The van der Waals surface area contributed by atoms with Gasteiger partial charge < -0.3 is 4.74 Å². The number of hydrogen-bond donors (Lipinski definition) is 0. The smallest absolute Gasteiger partial charge is 0.136 e. The van der Waals surface area contributed by atoms with Crippen molar-refractivity contribution in [2.24, 2.45) is 4.36 Å². The lowest BCUT2D eigenvalue weighted by molar-refractivity contribution is 0.207. The first kappa shape index (κ1) is 20.7. The summed E-state index contributed by atoms with van der Waals surface area (Å²) in [4.78, 5) is 8.43. The molecule has 0 spiro atoms. The molecule has 1 heterocycles. The first-order chi connectivity index (χ1) is 14.3. The fraction of sp³-hybridized carbons (Fsp3) is 0.364. The van der Waals surface area contributed by atoms with Crippen molar-refractivity contribution in [1.29, 1.82) is 0 Å². The van der Waals surface area contributed by atoms with E-state index in [1.54, 1.807) is 12.1 Å². The SMILES string of the molecule is CS(C)(=O)=Nc1cc(F)c2c(Cc3ccc(F)cc3OC3CCCC3)ncnc2c1. The second-order valence-corrected chi connectivity index (χ2v) is 10.4. The van der Waals surface area contributed by atoms with Gasteiger partial charge in [-0.25, -0.2) is 23.0 Å². The third-order valence-electron chi connectivity index (χ3n) is 5.06. The predicted octanol–water partition coefficient (Wildman–Crippen LogP) is 5.18. The average Bonchev–Trinajstić information content (AvgIpc) is 3.15. The lowest BCUT2D eigenvalue weighted by Crippen LogP contribution is -2.12. The minimum atomic E-state index is -2.43. The van der Waals surface area contributed by atoms with Gasteiger partial charge in [-0.15, -0.1) is 0 Å². The summed E-state index contributed by atoms with van der Waals surface area (Å²) in [5.74, 6) is -0.442. The molecule has 1 aliphatic carbocycles. The Morgan fingerprint density at radius 1 is 1.13 bits per heavy atom. The van der Waals surface area contributed by atoms with Crippen molar-refractivity contribution in [3.05, 3.63) is 59.6 Å². The van der Waals surface area contributed by atoms with E-state index in [4.69, 9.17) is 4.74 Å². The second kappa shape index (κ2) is 8.26. The number of halogens is 2. The fourth-order valence-corrected chi connectivity index (χ4v) is 4.40. The monoisotopic (exact) mass is 431 g/mol. The molecule has 158 valence electrons. The summed E-state index contributed by atoms with van der Waals surface area (Å²) in [6.45, 7) is 0. The molecule has 1 saturated carbocycles. The number of fused-ring (bicyclic) bond motifs is 1. The van der Waals surface area contributed by atoms with Crippen molar-refractivity contribution in [2.75, 3.05) is 12.5 Å². The van der Waals surface area contributed by atoms with Crippen LogP contribution in [0.25, 0.3) is 10.9 Å². The van der Waals surface area contributed by atoms with Gasteiger partial charge in [0.1, 0.15) is 23.7 Å². The molecule has 0 aliphatic heterocycles. The lowest BCUT2D eigenvalue weighted by Gasteiger charge is -2.17. The molecule has 0 unspecified atom stereocenters. The molecule has 1 fully saturated rings. The molecule has 0 amide bonds. The van der Waals surface area contributed by atoms with Crippen molar-refractivity contribution in [3.63, 3.8) is 0 Å². The summed E-state index contributed by atoms with van der Waals surface area (Å²) in [5.41, 5.74) is 1.86. The van der Waals surface area contributed by atoms with E-state index in [0.717, 1.165) is 31.2 Å². The maximum absolute atomic E-state index is 15.0. The molecule has 0 radical (unpaired) electrons. The Morgan fingerprint density at radius 3 is 2.63 bits per heavy atom. The van der Waals surface area contributed by atoms with Crippen LogP contribution in [0.2, 0.25) is 0 Å². The summed E-state index contributed by atoms with van der Waals surface area (Å²) < 4.78 is 50.9. The lowest BCUT2D eigenvalue weighted by atomic mass is 10.0. The van der Waals surface area contributed by atoms with Gasteiger partial charge in [-0.05, 0) is 37.8 Å². The molecule has 1 aliphatic rings. The zero-order chi connectivity index (χ0) is 21.3. The molecule has 2 aromatic carbocycles. The Morgan fingerprint density at radius 2 is 1.90 bits per heavy atom. The van der Waals surface area contributed by atoms with Crippen molar-refractivity contribution < 1.29 is 17.7 Å². The highest BCUT2D eigenvalue weighted by Crippen LogP contribution is 2.31. The van der Waals surface area contributed by atoms with E-state index in [2.05, 4.69) is 14.3 Å². The van der Waals surface area contributed by atoms with Crippen LogP contribution in [0.15, 0.2) is 41.0 Å². The Bertz CT molecular complexity index is 1210. The molecule has 4 rings (SSSR count). The number of aromatic nitrogens is 2. The number of hydrogen-bond acceptors (Lipinski definition) is 5. The Labute approximate surface area is 174 Å². The van der Waals surface area contributed by atoms with Gasteiger partial charge >= 0.3 is 0 Å². The quantitative estimate of drug-likeness (QED) is 0.558. The van der Waals surface area contributed by atoms with Gasteiger partial charge in [0.2, 0.25) is 0 Å². The van der Waals surface area contributed by atoms with E-state index >= 15 is 0 Å². The van der Waals surface area contributed by atoms with Crippen LogP contribution < -0.4 is 4.74 Å². The summed E-state index contributed by atoms with van der Waals surface area (Å²) in [6, 6.07) is 7.23. The average molecular weight is 432 g/mol. The van der Waals surface area contributed by atoms with Crippen LogP contribution in [0.5, 0.6) is 5.75 Å². The summed E-state index contributed by atoms with van der Waals surface area (Å²) >= 11 is 0. The first-order valence-electron chi connectivity index (χ1n) is 9.84. The highest BCUT2D eigenvalue weighted by molar-refractivity contribution is 7.92. The van der Waals surface area contributed by atoms with Crippen LogP contribution in [-0.4, -0.2) is 32.8 Å². The van der Waals surface area contributed by atoms with Gasteiger partial charge in [0.15, 0.2) is 0 Å². The van der Waals surface area contributed by atoms with E-state index in [0.29, 0.717) is 17.0 Å². The normalized spacial score (nSPS) is 14.9. The molecule has 1 aromatic heterocycles. The summed E-state index contributed by atoms with van der Waals surface area (Å²) in [7, 11) is -2.43. The van der Waals surface area contributed by atoms with Gasteiger partial charge in [0.25, 0.3) is 0 Å². The van der Waals surface area contributed by atoms with Gasteiger partial charge in [0.05, 0.1) is 28.4 Å². The highest BCUT2D eigenvalue weighted by Gasteiger charge is 2.20. The molecule has 0 atom stereocenters. The second-order valence-electron chi connectivity index (χ2n) is 7.87. The third kappa shape index (κ3) is 4.75. The highest BCUT2D eigenvalue weighted by atomic mass is 32.2. The maximum atomic E-state index is 15.0. The van der Waals surface area contributed by atoms with Gasteiger partial charge in [-0.3, -0.25) is 0 Å². The summed E-state index contributed by atoms with van der Waals surface area (Å²) in [6.07, 6.45) is 8.79. The molecule has 0 saturated heterocycles. The molecule has 30 heavy (non-hydrogen) atoms. The van der Waals surface area contributed by atoms with Crippen molar-refractivity contribution >= 4 is 26.3 Å².